The summed E-state index contributed by atoms with van der Waals surface area (Å²) >= 11 is 3.40. The molecule has 0 saturated carbocycles. The summed E-state index contributed by atoms with van der Waals surface area (Å²) in [5.41, 5.74) is 3.89. The Morgan fingerprint density at radius 2 is 1.82 bits per heavy atom. The van der Waals surface area contributed by atoms with Crippen LogP contribution in [0.1, 0.15) is 25.0 Å². The van der Waals surface area contributed by atoms with Crippen LogP contribution in [0.25, 0.3) is 0 Å². The molecule has 2 amide bonds. The molecular weight excluding hydrogens is 426 g/mol. The van der Waals surface area contributed by atoms with Gasteiger partial charge in [-0.3, -0.25) is 9.59 Å². The lowest BCUT2D eigenvalue weighted by Crippen LogP contribution is -2.41. The number of carbonyl (C=O) groups excluding carboxylic acids is 2. The monoisotopic (exact) mass is 447 g/mol. The largest absolute Gasteiger partial charge is 0.493 e. The molecular formula is C20H22BrN3O4. The number of benzene rings is 2. The number of nitrogens with one attached hydrogen (secondary N) is 2. The predicted molar refractivity (Wildman–Crippen MR) is 110 cm³/mol. The molecule has 2 aromatic carbocycles. The van der Waals surface area contributed by atoms with E-state index in [1.54, 1.807) is 39.2 Å². The lowest BCUT2D eigenvalue weighted by Gasteiger charge is -2.11. The van der Waals surface area contributed by atoms with Crippen LogP contribution in [0, 0.1) is 0 Å². The van der Waals surface area contributed by atoms with Crippen LogP contribution in [0.15, 0.2) is 52.0 Å². The summed E-state index contributed by atoms with van der Waals surface area (Å²) in [6.07, 6.45) is 1.42. The Kier molecular flexibility index (Phi) is 8.01. The van der Waals surface area contributed by atoms with Crippen LogP contribution in [0.5, 0.6) is 11.5 Å². The number of ether oxygens (including phenoxy) is 2. The Labute approximate surface area is 172 Å². The van der Waals surface area contributed by atoms with E-state index in [1.807, 2.05) is 24.3 Å². The zero-order chi connectivity index (χ0) is 20.5. The van der Waals surface area contributed by atoms with E-state index in [1.165, 1.54) is 6.21 Å². The van der Waals surface area contributed by atoms with Crippen molar-refractivity contribution in [1.82, 2.24) is 10.7 Å². The summed E-state index contributed by atoms with van der Waals surface area (Å²) in [5.74, 6) is -0.444. The van der Waals surface area contributed by atoms with Gasteiger partial charge in [-0.2, -0.15) is 5.10 Å². The van der Waals surface area contributed by atoms with Gasteiger partial charge in [0.2, 0.25) is 0 Å². The summed E-state index contributed by atoms with van der Waals surface area (Å²) in [6, 6.07) is 13.0. The first-order valence-electron chi connectivity index (χ1n) is 8.58. The minimum atomic E-state index is -0.827. The molecule has 0 aliphatic rings. The molecule has 0 spiro atoms. The highest BCUT2D eigenvalue weighted by Gasteiger charge is 2.13. The first-order valence-corrected chi connectivity index (χ1v) is 9.37. The third-order valence-electron chi connectivity index (χ3n) is 3.50. The van der Waals surface area contributed by atoms with E-state index < -0.39 is 11.8 Å². The number of hydrogen-bond acceptors (Lipinski definition) is 5. The molecule has 0 atom stereocenters. The lowest BCUT2D eigenvalue weighted by molar-refractivity contribution is -0.139. The minimum absolute atomic E-state index is 0.128. The van der Waals surface area contributed by atoms with Gasteiger partial charge in [0.1, 0.15) is 6.61 Å². The van der Waals surface area contributed by atoms with E-state index in [2.05, 4.69) is 31.8 Å². The van der Waals surface area contributed by atoms with Gasteiger partial charge in [-0.25, -0.2) is 5.43 Å². The Hall–Kier alpha value is -2.87. The van der Waals surface area contributed by atoms with Crippen LogP contribution in [-0.4, -0.2) is 31.2 Å². The topological polar surface area (TPSA) is 89.0 Å². The van der Waals surface area contributed by atoms with Crippen molar-refractivity contribution in [2.75, 3.05) is 7.11 Å². The van der Waals surface area contributed by atoms with Gasteiger partial charge in [-0.1, -0.05) is 28.1 Å². The molecule has 0 radical (unpaired) electrons. The van der Waals surface area contributed by atoms with Crippen LogP contribution in [-0.2, 0) is 16.2 Å². The Morgan fingerprint density at radius 1 is 1.11 bits per heavy atom. The molecule has 7 nitrogen and oxygen atoms in total. The van der Waals surface area contributed by atoms with Crippen LogP contribution in [0.4, 0.5) is 0 Å². The van der Waals surface area contributed by atoms with E-state index in [0.29, 0.717) is 23.7 Å². The smallest absolute Gasteiger partial charge is 0.329 e. The minimum Gasteiger partial charge on any atom is -0.493 e. The molecule has 0 fully saturated rings. The first kappa shape index (κ1) is 21.4. The number of methoxy groups -OCH3 is 1. The zero-order valence-electron chi connectivity index (χ0n) is 15.9. The Balaban J connectivity index is 1.97. The van der Waals surface area contributed by atoms with Crippen molar-refractivity contribution < 1.29 is 19.1 Å². The summed E-state index contributed by atoms with van der Waals surface area (Å²) in [4.78, 5) is 23.1. The van der Waals surface area contributed by atoms with Gasteiger partial charge < -0.3 is 14.8 Å². The fraction of sp³-hybridized carbons (Fsp3) is 0.250. The summed E-state index contributed by atoms with van der Waals surface area (Å²) < 4.78 is 12.2. The fourth-order valence-corrected chi connectivity index (χ4v) is 2.43. The Morgan fingerprint density at radius 3 is 2.46 bits per heavy atom. The predicted octanol–water partition coefficient (Wildman–Crippen LogP) is 3.01. The van der Waals surface area contributed by atoms with Gasteiger partial charge in [-0.15, -0.1) is 0 Å². The van der Waals surface area contributed by atoms with E-state index in [4.69, 9.17) is 9.47 Å². The van der Waals surface area contributed by atoms with Crippen molar-refractivity contribution in [3.63, 3.8) is 0 Å². The van der Waals surface area contributed by atoms with Crippen molar-refractivity contribution in [2.45, 2.75) is 26.5 Å². The highest BCUT2D eigenvalue weighted by Crippen LogP contribution is 2.28. The fourth-order valence-electron chi connectivity index (χ4n) is 2.17. The molecule has 8 heteroatoms. The summed E-state index contributed by atoms with van der Waals surface area (Å²) in [6.45, 7) is 3.93. The van der Waals surface area contributed by atoms with Gasteiger partial charge in [0.15, 0.2) is 11.5 Å². The molecule has 2 N–H and O–H groups in total. The third-order valence-corrected chi connectivity index (χ3v) is 4.03. The van der Waals surface area contributed by atoms with Crippen molar-refractivity contribution in [1.29, 1.82) is 0 Å². The lowest BCUT2D eigenvalue weighted by atomic mass is 10.2. The highest BCUT2D eigenvalue weighted by atomic mass is 79.9. The number of rotatable bonds is 7. The summed E-state index contributed by atoms with van der Waals surface area (Å²) in [7, 11) is 1.54. The highest BCUT2D eigenvalue weighted by molar-refractivity contribution is 9.10. The van der Waals surface area contributed by atoms with Crippen LogP contribution >= 0.6 is 15.9 Å². The molecule has 0 aromatic heterocycles. The second-order valence-electron chi connectivity index (χ2n) is 6.15. The molecule has 0 unspecified atom stereocenters. The van der Waals surface area contributed by atoms with Gasteiger partial charge in [0, 0.05) is 10.5 Å². The SMILES string of the molecule is COc1cc(C=NNC(=O)C(=O)NC(C)C)ccc1OCc1ccc(Br)cc1. The molecule has 2 rings (SSSR count). The van der Waals surface area contributed by atoms with Gasteiger partial charge in [-0.05, 0) is 55.3 Å². The molecule has 0 saturated heterocycles. The number of halogens is 1. The molecule has 148 valence electrons. The van der Waals surface area contributed by atoms with Crippen molar-refractivity contribution in [2.24, 2.45) is 5.10 Å². The van der Waals surface area contributed by atoms with E-state index in [0.717, 1.165) is 10.0 Å². The van der Waals surface area contributed by atoms with E-state index in [9.17, 15) is 9.59 Å². The van der Waals surface area contributed by atoms with Crippen LogP contribution in [0.3, 0.4) is 0 Å². The third kappa shape index (κ3) is 6.70. The van der Waals surface area contributed by atoms with Crippen LogP contribution < -0.4 is 20.2 Å². The van der Waals surface area contributed by atoms with Gasteiger partial charge >= 0.3 is 11.8 Å². The van der Waals surface area contributed by atoms with Crippen molar-refractivity contribution in [3.05, 3.63) is 58.1 Å². The molecule has 0 aliphatic carbocycles. The summed E-state index contributed by atoms with van der Waals surface area (Å²) in [5, 5.41) is 6.27. The molecule has 2 aromatic rings. The maximum atomic E-state index is 11.6. The number of amides is 2. The number of nitrogens with zero attached hydrogens (tertiary/aromatic N) is 1. The van der Waals surface area contributed by atoms with Crippen molar-refractivity contribution >= 4 is 34.0 Å². The van der Waals surface area contributed by atoms with Gasteiger partial charge in [0.05, 0.1) is 13.3 Å². The number of hydrazone groups is 1. The second-order valence-corrected chi connectivity index (χ2v) is 7.07. The molecule has 28 heavy (non-hydrogen) atoms. The number of hydrogen-bond donors (Lipinski definition) is 2. The van der Waals surface area contributed by atoms with Crippen LogP contribution in [0.2, 0.25) is 0 Å². The zero-order valence-corrected chi connectivity index (χ0v) is 17.4. The van der Waals surface area contributed by atoms with Gasteiger partial charge in [0.25, 0.3) is 0 Å². The van der Waals surface area contributed by atoms with E-state index >= 15 is 0 Å². The molecule has 0 aliphatic heterocycles. The van der Waals surface area contributed by atoms with Crippen molar-refractivity contribution in [3.8, 4) is 11.5 Å². The normalized spacial score (nSPS) is 10.8. The molecule has 0 bridgehead atoms. The maximum Gasteiger partial charge on any atom is 0.329 e. The Bertz CT molecular complexity index is 851. The average molecular weight is 448 g/mol. The molecule has 0 heterocycles. The number of carbonyl (C=O) groups is 2. The first-order chi connectivity index (χ1) is 13.4. The average Bonchev–Trinajstić information content (AvgIpc) is 2.67. The standard InChI is InChI=1S/C20H22BrN3O4/c1-13(2)23-19(25)20(26)24-22-11-15-6-9-17(18(10-15)27-3)28-12-14-4-7-16(21)8-5-14/h4-11,13H,12H2,1-3H3,(H,23,25)(H,24,26). The van der Waals surface area contributed by atoms with E-state index in [-0.39, 0.29) is 6.04 Å². The maximum absolute atomic E-state index is 11.6. The quantitative estimate of drug-likeness (QED) is 0.387. The second kappa shape index (κ2) is 10.5.